The molecule has 0 amide bonds. The highest BCUT2D eigenvalue weighted by Gasteiger charge is 2.21. The number of ether oxygens (including phenoxy) is 1. The number of carbonyl (C=O) groups is 1. The Labute approximate surface area is 100 Å². The van der Waals surface area contributed by atoms with Crippen molar-refractivity contribution in [3.63, 3.8) is 0 Å². The highest BCUT2D eigenvalue weighted by molar-refractivity contribution is 5.77. The zero-order valence-electron chi connectivity index (χ0n) is 10.2. The van der Waals surface area contributed by atoms with Gasteiger partial charge >= 0.3 is 5.97 Å². The minimum atomic E-state index is -0.913. The number of hydrogen-bond donors (Lipinski definition) is 2. The standard InChI is InChI=1S/C11H17N3O3/c1-4-17-9-6-12-5-8(13-9)14-10(7(2)3)11(15)16/h5-7,10H,4H2,1-3H3,(H,13,14)(H,15,16)/t10-/m0/s1. The second-order valence-corrected chi connectivity index (χ2v) is 3.88. The molecule has 0 fully saturated rings. The van der Waals surface area contributed by atoms with Crippen molar-refractivity contribution in [1.82, 2.24) is 9.97 Å². The van der Waals surface area contributed by atoms with Gasteiger partial charge in [-0.1, -0.05) is 13.8 Å². The van der Waals surface area contributed by atoms with Crippen LogP contribution >= 0.6 is 0 Å². The molecule has 1 aromatic rings. The molecule has 0 saturated carbocycles. The first-order valence-corrected chi connectivity index (χ1v) is 5.48. The van der Waals surface area contributed by atoms with E-state index in [2.05, 4.69) is 15.3 Å². The quantitative estimate of drug-likeness (QED) is 0.780. The average molecular weight is 239 g/mol. The van der Waals surface area contributed by atoms with Crippen LogP contribution in [0, 0.1) is 5.92 Å². The zero-order chi connectivity index (χ0) is 12.8. The smallest absolute Gasteiger partial charge is 0.326 e. The predicted octanol–water partition coefficient (Wildman–Crippen LogP) is 1.40. The zero-order valence-corrected chi connectivity index (χ0v) is 10.2. The van der Waals surface area contributed by atoms with Crippen LogP contribution in [0.15, 0.2) is 12.4 Å². The molecular weight excluding hydrogens is 222 g/mol. The van der Waals surface area contributed by atoms with Gasteiger partial charge in [-0.25, -0.2) is 4.79 Å². The minimum Gasteiger partial charge on any atom is -0.480 e. The van der Waals surface area contributed by atoms with E-state index in [1.165, 1.54) is 12.4 Å². The largest absolute Gasteiger partial charge is 0.480 e. The van der Waals surface area contributed by atoms with E-state index in [0.717, 1.165) is 0 Å². The van der Waals surface area contributed by atoms with Crippen LogP contribution in [0.4, 0.5) is 5.82 Å². The molecule has 0 saturated heterocycles. The van der Waals surface area contributed by atoms with E-state index in [-0.39, 0.29) is 5.92 Å². The molecule has 6 nitrogen and oxygen atoms in total. The van der Waals surface area contributed by atoms with E-state index in [4.69, 9.17) is 9.84 Å². The van der Waals surface area contributed by atoms with Gasteiger partial charge in [0.1, 0.15) is 11.9 Å². The number of carboxylic acid groups (broad SMARTS) is 1. The third-order valence-electron chi connectivity index (χ3n) is 2.14. The van der Waals surface area contributed by atoms with Gasteiger partial charge < -0.3 is 15.2 Å². The van der Waals surface area contributed by atoms with Crippen LogP contribution in [-0.4, -0.2) is 33.7 Å². The fraction of sp³-hybridized carbons (Fsp3) is 0.545. The highest BCUT2D eigenvalue weighted by Crippen LogP contribution is 2.13. The Morgan fingerprint density at radius 2 is 2.24 bits per heavy atom. The number of nitrogens with one attached hydrogen (secondary N) is 1. The molecule has 1 aromatic heterocycles. The summed E-state index contributed by atoms with van der Waals surface area (Å²) in [5.74, 6) is -0.184. The number of aliphatic carboxylic acids is 1. The molecule has 94 valence electrons. The molecular formula is C11H17N3O3. The van der Waals surface area contributed by atoms with Crippen LogP contribution in [0.5, 0.6) is 5.88 Å². The second kappa shape index (κ2) is 6.03. The van der Waals surface area contributed by atoms with Gasteiger partial charge in [-0.2, -0.15) is 4.98 Å². The summed E-state index contributed by atoms with van der Waals surface area (Å²) in [5, 5.41) is 11.9. The average Bonchev–Trinajstić information content (AvgIpc) is 2.26. The summed E-state index contributed by atoms with van der Waals surface area (Å²) < 4.78 is 5.19. The normalized spacial score (nSPS) is 12.2. The Balaban J connectivity index is 2.78. The van der Waals surface area contributed by atoms with E-state index in [1.54, 1.807) is 0 Å². The van der Waals surface area contributed by atoms with E-state index in [0.29, 0.717) is 18.3 Å². The topological polar surface area (TPSA) is 84.3 Å². The summed E-state index contributed by atoms with van der Waals surface area (Å²) >= 11 is 0. The fourth-order valence-corrected chi connectivity index (χ4v) is 1.31. The molecule has 17 heavy (non-hydrogen) atoms. The lowest BCUT2D eigenvalue weighted by Gasteiger charge is -2.18. The van der Waals surface area contributed by atoms with Gasteiger partial charge in [-0.3, -0.25) is 4.98 Å². The fourth-order valence-electron chi connectivity index (χ4n) is 1.31. The first kappa shape index (κ1) is 13.2. The van der Waals surface area contributed by atoms with Crippen LogP contribution in [-0.2, 0) is 4.79 Å². The number of aromatic nitrogens is 2. The Hall–Kier alpha value is -1.85. The Bertz CT molecular complexity index is 382. The second-order valence-electron chi connectivity index (χ2n) is 3.88. The molecule has 1 rings (SSSR count). The lowest BCUT2D eigenvalue weighted by Crippen LogP contribution is -2.34. The molecule has 0 aromatic carbocycles. The third-order valence-corrected chi connectivity index (χ3v) is 2.14. The molecule has 0 bridgehead atoms. The van der Waals surface area contributed by atoms with Crippen molar-refractivity contribution in [2.24, 2.45) is 5.92 Å². The van der Waals surface area contributed by atoms with Crippen molar-refractivity contribution in [2.45, 2.75) is 26.8 Å². The molecule has 1 heterocycles. The van der Waals surface area contributed by atoms with Gasteiger partial charge in [-0.15, -0.1) is 0 Å². The summed E-state index contributed by atoms with van der Waals surface area (Å²) in [6.45, 7) is 5.98. The van der Waals surface area contributed by atoms with Gasteiger partial charge in [0.2, 0.25) is 5.88 Å². The maximum absolute atomic E-state index is 11.0. The van der Waals surface area contributed by atoms with Crippen LogP contribution in [0.25, 0.3) is 0 Å². The lowest BCUT2D eigenvalue weighted by atomic mass is 10.1. The first-order valence-electron chi connectivity index (χ1n) is 5.48. The number of carboxylic acids is 1. The van der Waals surface area contributed by atoms with Gasteiger partial charge in [0.15, 0.2) is 0 Å². The van der Waals surface area contributed by atoms with E-state index in [1.807, 2.05) is 20.8 Å². The van der Waals surface area contributed by atoms with E-state index < -0.39 is 12.0 Å². The number of anilines is 1. The molecule has 0 unspecified atom stereocenters. The summed E-state index contributed by atoms with van der Waals surface area (Å²) in [4.78, 5) is 19.1. The van der Waals surface area contributed by atoms with Crippen molar-refractivity contribution < 1.29 is 14.6 Å². The Morgan fingerprint density at radius 1 is 1.53 bits per heavy atom. The lowest BCUT2D eigenvalue weighted by molar-refractivity contribution is -0.138. The molecule has 0 spiro atoms. The molecule has 1 atom stereocenters. The van der Waals surface area contributed by atoms with Crippen molar-refractivity contribution in [2.75, 3.05) is 11.9 Å². The van der Waals surface area contributed by atoms with Crippen LogP contribution in [0.1, 0.15) is 20.8 Å². The minimum absolute atomic E-state index is 0.0509. The van der Waals surface area contributed by atoms with Gasteiger partial charge in [-0.05, 0) is 12.8 Å². The Morgan fingerprint density at radius 3 is 2.76 bits per heavy atom. The van der Waals surface area contributed by atoms with Crippen molar-refractivity contribution in [1.29, 1.82) is 0 Å². The third kappa shape index (κ3) is 3.90. The molecule has 0 radical (unpaired) electrons. The number of nitrogens with zero attached hydrogens (tertiary/aromatic N) is 2. The van der Waals surface area contributed by atoms with Crippen LogP contribution < -0.4 is 10.1 Å². The van der Waals surface area contributed by atoms with Crippen LogP contribution in [0.3, 0.4) is 0 Å². The van der Waals surface area contributed by atoms with Gasteiger partial charge in [0.25, 0.3) is 0 Å². The van der Waals surface area contributed by atoms with Crippen molar-refractivity contribution in [3.05, 3.63) is 12.4 Å². The van der Waals surface area contributed by atoms with Crippen molar-refractivity contribution in [3.8, 4) is 5.88 Å². The maximum atomic E-state index is 11.0. The first-order chi connectivity index (χ1) is 8.04. The summed E-state index contributed by atoms with van der Waals surface area (Å²) in [6, 6.07) is -0.693. The maximum Gasteiger partial charge on any atom is 0.326 e. The predicted molar refractivity (Wildman–Crippen MR) is 63.1 cm³/mol. The number of hydrogen-bond acceptors (Lipinski definition) is 5. The summed E-state index contributed by atoms with van der Waals surface area (Å²) in [5.41, 5.74) is 0. The van der Waals surface area contributed by atoms with E-state index >= 15 is 0 Å². The summed E-state index contributed by atoms with van der Waals surface area (Å²) in [6.07, 6.45) is 2.96. The van der Waals surface area contributed by atoms with Gasteiger partial charge in [0.05, 0.1) is 19.0 Å². The molecule has 0 aliphatic rings. The Kier molecular flexibility index (Phi) is 4.68. The molecule has 0 aliphatic heterocycles. The highest BCUT2D eigenvalue weighted by atomic mass is 16.5. The number of rotatable bonds is 6. The van der Waals surface area contributed by atoms with Crippen LogP contribution in [0.2, 0.25) is 0 Å². The molecule has 6 heteroatoms. The summed E-state index contributed by atoms with van der Waals surface area (Å²) in [7, 11) is 0. The molecule has 2 N–H and O–H groups in total. The van der Waals surface area contributed by atoms with Crippen molar-refractivity contribution >= 4 is 11.8 Å². The van der Waals surface area contributed by atoms with Gasteiger partial charge in [0, 0.05) is 0 Å². The monoisotopic (exact) mass is 239 g/mol. The SMILES string of the molecule is CCOc1cncc(N[C@H](C(=O)O)C(C)C)n1. The molecule has 0 aliphatic carbocycles. The van der Waals surface area contributed by atoms with E-state index in [9.17, 15) is 4.79 Å².